The number of piperazine rings is 1. The van der Waals surface area contributed by atoms with Gasteiger partial charge in [0.1, 0.15) is 0 Å². The molecule has 0 radical (unpaired) electrons. The Morgan fingerprint density at radius 2 is 1.86 bits per heavy atom. The third kappa shape index (κ3) is 4.98. The first-order valence-electron chi connectivity index (χ1n) is 9.30. The molecule has 1 fully saturated rings. The van der Waals surface area contributed by atoms with E-state index >= 15 is 0 Å². The minimum atomic E-state index is -0.383. The standard InChI is InChI=1S/C20H23N3O5/c1-2-27-20(26)15-5-7-16(8-6-15)21-18(24)14-22-9-11-23(12-10-22)19(25)17-4-3-13-28-17/h3-8,13H,2,9-12,14H2,1H3,(H,21,24)/p+1. The fourth-order valence-electron chi connectivity index (χ4n) is 3.10. The van der Waals surface area contributed by atoms with E-state index in [2.05, 4.69) is 5.32 Å². The Bertz CT molecular complexity index is 809. The Morgan fingerprint density at radius 1 is 1.14 bits per heavy atom. The van der Waals surface area contributed by atoms with Gasteiger partial charge in [-0.2, -0.15) is 0 Å². The van der Waals surface area contributed by atoms with Crippen LogP contribution < -0.4 is 10.2 Å². The molecule has 28 heavy (non-hydrogen) atoms. The summed E-state index contributed by atoms with van der Waals surface area (Å²) < 4.78 is 10.1. The maximum Gasteiger partial charge on any atom is 0.338 e. The van der Waals surface area contributed by atoms with Crippen LogP contribution in [0.5, 0.6) is 0 Å². The van der Waals surface area contributed by atoms with Gasteiger partial charge in [-0.05, 0) is 43.3 Å². The molecule has 2 heterocycles. The predicted molar refractivity (Wildman–Crippen MR) is 101 cm³/mol. The Labute approximate surface area is 163 Å². The first kappa shape index (κ1) is 19.6. The molecule has 0 unspecified atom stereocenters. The van der Waals surface area contributed by atoms with Crippen LogP contribution in [0, 0.1) is 0 Å². The van der Waals surface area contributed by atoms with Crippen molar-refractivity contribution < 1.29 is 28.4 Å². The number of ether oxygens (including phenoxy) is 1. The number of benzene rings is 1. The fraction of sp³-hybridized carbons (Fsp3) is 0.350. The number of nitrogens with zero attached hydrogens (tertiary/aromatic N) is 1. The molecule has 8 nitrogen and oxygen atoms in total. The van der Waals surface area contributed by atoms with Gasteiger partial charge in [-0.25, -0.2) is 4.79 Å². The monoisotopic (exact) mass is 386 g/mol. The van der Waals surface area contributed by atoms with E-state index in [4.69, 9.17) is 9.15 Å². The van der Waals surface area contributed by atoms with Gasteiger partial charge in [0.05, 0.1) is 44.6 Å². The van der Waals surface area contributed by atoms with E-state index in [1.54, 1.807) is 48.2 Å². The molecular formula is C20H24N3O5+. The zero-order valence-electron chi connectivity index (χ0n) is 15.8. The molecule has 1 aliphatic heterocycles. The van der Waals surface area contributed by atoms with Crippen LogP contribution in [0.15, 0.2) is 47.1 Å². The first-order chi connectivity index (χ1) is 13.6. The van der Waals surface area contributed by atoms with Crippen LogP contribution in [0.25, 0.3) is 0 Å². The Balaban J connectivity index is 1.44. The zero-order chi connectivity index (χ0) is 19.9. The summed E-state index contributed by atoms with van der Waals surface area (Å²) in [5.41, 5.74) is 1.08. The van der Waals surface area contributed by atoms with Crippen molar-refractivity contribution in [3.8, 4) is 0 Å². The van der Waals surface area contributed by atoms with Crippen LogP contribution in [0.3, 0.4) is 0 Å². The van der Waals surface area contributed by atoms with Crippen molar-refractivity contribution in [1.82, 2.24) is 4.90 Å². The SMILES string of the molecule is CCOC(=O)c1ccc(NC(=O)C[NH+]2CCN(C(=O)c3ccco3)CC2)cc1. The van der Waals surface area contributed by atoms with E-state index in [-0.39, 0.29) is 17.8 Å². The van der Waals surface area contributed by atoms with Crippen LogP contribution in [-0.2, 0) is 9.53 Å². The van der Waals surface area contributed by atoms with Gasteiger partial charge in [0.25, 0.3) is 11.8 Å². The number of furan rings is 1. The molecular weight excluding hydrogens is 362 g/mol. The van der Waals surface area contributed by atoms with Gasteiger partial charge in [0.15, 0.2) is 12.3 Å². The van der Waals surface area contributed by atoms with E-state index in [0.29, 0.717) is 56.3 Å². The third-order valence-electron chi connectivity index (χ3n) is 4.58. The van der Waals surface area contributed by atoms with Gasteiger partial charge in [-0.15, -0.1) is 0 Å². The van der Waals surface area contributed by atoms with Crippen molar-refractivity contribution in [2.75, 3.05) is 44.6 Å². The number of hydrogen-bond acceptors (Lipinski definition) is 5. The number of hydrogen-bond donors (Lipinski definition) is 2. The van der Waals surface area contributed by atoms with E-state index in [0.717, 1.165) is 4.90 Å². The second kappa shape index (κ2) is 9.18. The summed E-state index contributed by atoms with van der Waals surface area (Å²) >= 11 is 0. The Hall–Kier alpha value is -3.13. The van der Waals surface area contributed by atoms with Gasteiger partial charge in [0, 0.05) is 5.69 Å². The molecule has 1 aromatic heterocycles. The number of nitrogens with one attached hydrogen (secondary N) is 2. The van der Waals surface area contributed by atoms with Crippen molar-refractivity contribution in [1.29, 1.82) is 0 Å². The number of anilines is 1. The van der Waals surface area contributed by atoms with Crippen LogP contribution >= 0.6 is 0 Å². The number of carbonyl (C=O) groups excluding carboxylic acids is 3. The molecule has 148 valence electrons. The summed E-state index contributed by atoms with van der Waals surface area (Å²) in [6, 6.07) is 9.96. The van der Waals surface area contributed by atoms with Crippen LogP contribution in [0.1, 0.15) is 27.8 Å². The number of rotatable bonds is 6. The molecule has 2 amide bonds. The van der Waals surface area contributed by atoms with E-state index in [1.165, 1.54) is 6.26 Å². The van der Waals surface area contributed by atoms with Crippen molar-refractivity contribution in [2.45, 2.75) is 6.92 Å². The molecule has 1 aromatic carbocycles. The predicted octanol–water partition coefficient (Wildman–Crippen LogP) is 0.436. The third-order valence-corrected chi connectivity index (χ3v) is 4.58. The number of quaternary nitrogens is 1. The van der Waals surface area contributed by atoms with Gasteiger partial charge < -0.3 is 24.3 Å². The average molecular weight is 386 g/mol. The second-order valence-corrected chi connectivity index (χ2v) is 6.54. The molecule has 1 saturated heterocycles. The van der Waals surface area contributed by atoms with Crippen molar-refractivity contribution >= 4 is 23.5 Å². The quantitative estimate of drug-likeness (QED) is 0.703. The Kier molecular flexibility index (Phi) is 6.44. The average Bonchev–Trinajstić information content (AvgIpc) is 3.23. The van der Waals surface area contributed by atoms with Crippen LogP contribution in [0.2, 0.25) is 0 Å². The summed E-state index contributed by atoms with van der Waals surface area (Å²) in [5.74, 6) is -0.265. The van der Waals surface area contributed by atoms with Gasteiger partial charge in [-0.3, -0.25) is 9.59 Å². The molecule has 0 saturated carbocycles. The van der Waals surface area contributed by atoms with E-state index < -0.39 is 0 Å². The molecule has 0 atom stereocenters. The lowest BCUT2D eigenvalue weighted by Gasteiger charge is -2.31. The largest absolute Gasteiger partial charge is 0.462 e. The molecule has 0 aliphatic carbocycles. The number of amides is 2. The van der Waals surface area contributed by atoms with Crippen molar-refractivity contribution in [2.24, 2.45) is 0 Å². The minimum Gasteiger partial charge on any atom is -0.462 e. The summed E-state index contributed by atoms with van der Waals surface area (Å²) in [4.78, 5) is 39.0. The maximum atomic E-state index is 12.3. The summed E-state index contributed by atoms with van der Waals surface area (Å²) in [6.45, 7) is 4.94. The van der Waals surface area contributed by atoms with Crippen LogP contribution in [0.4, 0.5) is 5.69 Å². The van der Waals surface area contributed by atoms with E-state index in [9.17, 15) is 14.4 Å². The van der Waals surface area contributed by atoms with Crippen LogP contribution in [-0.4, -0.2) is 62.0 Å². The fourth-order valence-corrected chi connectivity index (χ4v) is 3.10. The maximum absolute atomic E-state index is 12.3. The topological polar surface area (TPSA) is 93.3 Å². The molecule has 2 aromatic rings. The zero-order valence-corrected chi connectivity index (χ0v) is 15.8. The van der Waals surface area contributed by atoms with Gasteiger partial charge >= 0.3 is 5.97 Å². The molecule has 0 bridgehead atoms. The highest BCUT2D eigenvalue weighted by Crippen LogP contribution is 2.10. The normalized spacial score (nSPS) is 14.5. The molecule has 8 heteroatoms. The highest BCUT2D eigenvalue weighted by molar-refractivity contribution is 5.93. The number of carbonyl (C=O) groups is 3. The van der Waals surface area contributed by atoms with Gasteiger partial charge in [0.2, 0.25) is 0 Å². The summed E-state index contributed by atoms with van der Waals surface area (Å²) in [7, 11) is 0. The Morgan fingerprint density at radius 3 is 2.46 bits per heavy atom. The molecule has 0 spiro atoms. The lowest BCUT2D eigenvalue weighted by Crippen LogP contribution is -3.15. The lowest BCUT2D eigenvalue weighted by molar-refractivity contribution is -0.895. The van der Waals surface area contributed by atoms with Gasteiger partial charge in [-0.1, -0.05) is 0 Å². The highest BCUT2D eigenvalue weighted by Gasteiger charge is 2.27. The first-order valence-corrected chi connectivity index (χ1v) is 9.30. The van der Waals surface area contributed by atoms with Crippen molar-refractivity contribution in [3.05, 3.63) is 54.0 Å². The smallest absolute Gasteiger partial charge is 0.338 e. The second-order valence-electron chi connectivity index (χ2n) is 6.54. The molecule has 3 rings (SSSR count). The lowest BCUT2D eigenvalue weighted by atomic mass is 10.2. The highest BCUT2D eigenvalue weighted by atomic mass is 16.5. The van der Waals surface area contributed by atoms with E-state index in [1.807, 2.05) is 0 Å². The number of esters is 1. The summed E-state index contributed by atoms with van der Waals surface area (Å²) in [6.07, 6.45) is 1.48. The molecule has 2 N–H and O–H groups in total. The molecule has 1 aliphatic rings. The summed E-state index contributed by atoms with van der Waals surface area (Å²) in [5, 5.41) is 2.84. The minimum absolute atomic E-state index is 0.107. The van der Waals surface area contributed by atoms with Crippen molar-refractivity contribution in [3.63, 3.8) is 0 Å².